The van der Waals surface area contributed by atoms with E-state index in [0.717, 1.165) is 0 Å². The summed E-state index contributed by atoms with van der Waals surface area (Å²) in [6.07, 6.45) is 3.02. The number of halogens is 2. The molecule has 0 rings (SSSR count). The summed E-state index contributed by atoms with van der Waals surface area (Å²) in [5.74, 6) is -0.379. The average Bonchev–Trinajstić information content (AvgIpc) is 2.15. The van der Waals surface area contributed by atoms with Gasteiger partial charge in [0.1, 0.15) is 7.11 Å². The van der Waals surface area contributed by atoms with Crippen LogP contribution in [0.5, 0.6) is 0 Å². The van der Waals surface area contributed by atoms with E-state index in [4.69, 9.17) is 23.2 Å². The van der Waals surface area contributed by atoms with Crippen LogP contribution in [-0.4, -0.2) is 42.1 Å². The molecular weight excluding hydrogens is 227 g/mol. The van der Waals surface area contributed by atoms with Crippen molar-refractivity contribution in [1.29, 1.82) is 0 Å². The lowest BCUT2D eigenvalue weighted by Gasteiger charge is -2.18. The van der Waals surface area contributed by atoms with Crippen LogP contribution in [0.4, 0.5) is 0 Å². The molecule has 1 amide bonds. The van der Waals surface area contributed by atoms with Crippen LogP contribution in [0.2, 0.25) is 0 Å². The molecule has 0 atom stereocenters. The summed E-state index contributed by atoms with van der Waals surface area (Å²) in [5, 5.41) is 3.50. The second-order valence-corrected chi connectivity index (χ2v) is 3.40. The normalized spacial score (nSPS) is 10.6. The minimum atomic E-state index is -1.06. The maximum absolute atomic E-state index is 11.3. The number of nitrogens with zero attached hydrogens (tertiary/aromatic N) is 2. The van der Waals surface area contributed by atoms with Crippen molar-refractivity contribution in [2.45, 2.75) is 4.84 Å². The Balaban J connectivity index is 4.20. The third kappa shape index (κ3) is 5.09. The lowest BCUT2D eigenvalue weighted by molar-refractivity contribution is -0.128. The maximum atomic E-state index is 11.3. The zero-order valence-corrected chi connectivity index (χ0v) is 9.33. The fourth-order valence-corrected chi connectivity index (χ4v) is 1.03. The highest BCUT2D eigenvalue weighted by atomic mass is 35.5. The summed E-state index contributed by atoms with van der Waals surface area (Å²) in [6, 6.07) is 0. The van der Waals surface area contributed by atoms with Crippen molar-refractivity contribution in [3.8, 4) is 0 Å². The molecule has 0 spiro atoms. The van der Waals surface area contributed by atoms with Gasteiger partial charge >= 0.3 is 0 Å². The van der Waals surface area contributed by atoms with E-state index in [9.17, 15) is 4.79 Å². The number of carbonyl (C=O) groups is 1. The van der Waals surface area contributed by atoms with Crippen LogP contribution in [0.3, 0.4) is 0 Å². The lowest BCUT2D eigenvalue weighted by Crippen LogP contribution is -2.36. The van der Waals surface area contributed by atoms with E-state index < -0.39 is 4.84 Å². The lowest BCUT2D eigenvalue weighted by atomic mass is 10.4. The molecule has 0 heterocycles. The Morgan fingerprint density at radius 2 is 2.29 bits per heavy atom. The molecule has 0 aromatic rings. The molecule has 4 nitrogen and oxygen atoms in total. The van der Waals surface area contributed by atoms with Crippen LogP contribution < -0.4 is 0 Å². The van der Waals surface area contributed by atoms with Gasteiger partial charge in [-0.15, -0.1) is 6.58 Å². The van der Waals surface area contributed by atoms with Crippen molar-refractivity contribution in [2.24, 2.45) is 5.16 Å². The van der Waals surface area contributed by atoms with Crippen LogP contribution in [0.15, 0.2) is 17.8 Å². The Morgan fingerprint density at radius 3 is 2.71 bits per heavy atom. The smallest absolute Gasteiger partial charge is 0.256 e. The Bertz CT molecular complexity index is 219. The van der Waals surface area contributed by atoms with E-state index in [1.807, 2.05) is 0 Å². The summed E-state index contributed by atoms with van der Waals surface area (Å²) < 4.78 is 0. The third-order valence-corrected chi connectivity index (χ3v) is 1.70. The molecule has 80 valence electrons. The van der Waals surface area contributed by atoms with Crippen LogP contribution in [0.1, 0.15) is 0 Å². The SMILES string of the molecule is C=CCN(C/C=N/OC)C(=O)C(Cl)Cl. The monoisotopic (exact) mass is 238 g/mol. The molecule has 0 aliphatic rings. The molecule has 0 aromatic carbocycles. The van der Waals surface area contributed by atoms with Gasteiger partial charge in [-0.2, -0.15) is 0 Å². The predicted octanol–water partition coefficient (Wildman–Crippen LogP) is 1.44. The van der Waals surface area contributed by atoms with Gasteiger partial charge in [0.2, 0.25) is 0 Å². The van der Waals surface area contributed by atoms with Gasteiger partial charge in [-0.3, -0.25) is 4.79 Å². The van der Waals surface area contributed by atoms with E-state index in [2.05, 4.69) is 16.6 Å². The van der Waals surface area contributed by atoms with Crippen LogP contribution in [0.25, 0.3) is 0 Å². The minimum absolute atomic E-state index is 0.286. The number of rotatable bonds is 6. The van der Waals surface area contributed by atoms with Gasteiger partial charge in [-0.1, -0.05) is 34.4 Å². The van der Waals surface area contributed by atoms with Crippen molar-refractivity contribution >= 4 is 35.3 Å². The van der Waals surface area contributed by atoms with Crippen molar-refractivity contribution in [2.75, 3.05) is 20.2 Å². The molecule has 0 N–H and O–H groups in total. The van der Waals surface area contributed by atoms with Crippen LogP contribution in [0, 0.1) is 0 Å². The molecule has 0 bridgehead atoms. The van der Waals surface area contributed by atoms with E-state index in [-0.39, 0.29) is 12.5 Å². The molecule has 0 aromatic heterocycles. The molecule has 0 aliphatic carbocycles. The van der Waals surface area contributed by atoms with Gasteiger partial charge in [0.25, 0.3) is 5.91 Å². The fraction of sp³-hybridized carbons (Fsp3) is 0.500. The molecule has 0 saturated heterocycles. The van der Waals surface area contributed by atoms with E-state index in [1.165, 1.54) is 18.2 Å². The van der Waals surface area contributed by atoms with Gasteiger partial charge in [0, 0.05) is 6.54 Å². The van der Waals surface area contributed by atoms with Crippen LogP contribution >= 0.6 is 23.2 Å². The minimum Gasteiger partial charge on any atom is -0.399 e. The molecule has 14 heavy (non-hydrogen) atoms. The average molecular weight is 239 g/mol. The van der Waals surface area contributed by atoms with Gasteiger partial charge in [0.15, 0.2) is 4.84 Å². The highest BCUT2D eigenvalue weighted by Crippen LogP contribution is 2.06. The number of hydrogen-bond acceptors (Lipinski definition) is 3. The van der Waals surface area contributed by atoms with Gasteiger partial charge in [-0.25, -0.2) is 0 Å². The second kappa shape index (κ2) is 7.64. The predicted molar refractivity (Wildman–Crippen MR) is 57.8 cm³/mol. The second-order valence-electron chi connectivity index (χ2n) is 2.30. The number of alkyl halides is 2. The first-order valence-electron chi connectivity index (χ1n) is 3.86. The zero-order valence-electron chi connectivity index (χ0n) is 7.82. The first-order valence-corrected chi connectivity index (χ1v) is 4.73. The largest absolute Gasteiger partial charge is 0.399 e. The Hall–Kier alpha value is -0.740. The summed E-state index contributed by atoms with van der Waals surface area (Å²) in [5.41, 5.74) is 0. The zero-order chi connectivity index (χ0) is 11.0. The molecule has 0 saturated carbocycles. The van der Waals surface area contributed by atoms with Crippen molar-refractivity contribution in [3.63, 3.8) is 0 Å². The van der Waals surface area contributed by atoms with Crippen LogP contribution in [-0.2, 0) is 9.63 Å². The van der Waals surface area contributed by atoms with E-state index in [1.54, 1.807) is 6.08 Å². The molecular formula is C8H12Cl2N2O2. The Kier molecular flexibility index (Phi) is 7.24. The quantitative estimate of drug-likeness (QED) is 0.304. The molecule has 0 fully saturated rings. The van der Waals surface area contributed by atoms with Gasteiger partial charge in [-0.05, 0) is 0 Å². The first kappa shape index (κ1) is 13.3. The third-order valence-electron chi connectivity index (χ3n) is 1.33. The van der Waals surface area contributed by atoms with Crippen molar-refractivity contribution in [3.05, 3.63) is 12.7 Å². The summed E-state index contributed by atoms with van der Waals surface area (Å²) in [7, 11) is 1.42. The molecule has 6 heteroatoms. The highest BCUT2D eigenvalue weighted by molar-refractivity contribution is 6.53. The maximum Gasteiger partial charge on any atom is 0.256 e. The Labute approximate surface area is 93.1 Å². The highest BCUT2D eigenvalue weighted by Gasteiger charge is 2.18. The summed E-state index contributed by atoms with van der Waals surface area (Å²) in [6.45, 7) is 4.17. The standard InChI is InChI=1S/C8H12Cl2N2O2/c1-3-5-12(6-4-11-14-2)8(13)7(9)10/h3-4,7H,1,5-6H2,2H3/b11-4+. The number of hydrogen-bond donors (Lipinski definition) is 0. The van der Waals surface area contributed by atoms with Gasteiger partial charge < -0.3 is 9.74 Å². The topological polar surface area (TPSA) is 41.9 Å². The molecule has 0 unspecified atom stereocenters. The number of amides is 1. The van der Waals surface area contributed by atoms with E-state index >= 15 is 0 Å². The van der Waals surface area contributed by atoms with Gasteiger partial charge in [0.05, 0.1) is 12.8 Å². The summed E-state index contributed by atoms with van der Waals surface area (Å²) in [4.78, 5) is 16.1. The first-order chi connectivity index (χ1) is 6.63. The number of carbonyl (C=O) groups excluding carboxylic acids is 1. The number of oxime groups is 1. The fourth-order valence-electron chi connectivity index (χ4n) is 0.755. The van der Waals surface area contributed by atoms with Crippen molar-refractivity contribution < 1.29 is 9.63 Å². The molecule has 0 aliphatic heterocycles. The summed E-state index contributed by atoms with van der Waals surface area (Å²) >= 11 is 10.9. The van der Waals surface area contributed by atoms with Crippen molar-refractivity contribution in [1.82, 2.24) is 4.90 Å². The molecule has 0 radical (unpaired) electrons. The Morgan fingerprint density at radius 1 is 1.64 bits per heavy atom. The van der Waals surface area contributed by atoms with E-state index in [0.29, 0.717) is 6.54 Å².